The Balaban J connectivity index is 0.00000312. The fourth-order valence-electron chi connectivity index (χ4n) is 2.00. The monoisotopic (exact) mass is 465 g/mol. The van der Waals surface area contributed by atoms with E-state index in [9.17, 15) is 8.78 Å². The van der Waals surface area contributed by atoms with E-state index in [0.29, 0.717) is 25.5 Å². The second-order valence-corrected chi connectivity index (χ2v) is 4.94. The largest absolute Gasteiger partial charge is 0.489 e. The van der Waals surface area contributed by atoms with Crippen molar-refractivity contribution in [1.82, 2.24) is 10.6 Å². The highest BCUT2D eigenvalue weighted by Crippen LogP contribution is 2.17. The van der Waals surface area contributed by atoms with E-state index in [4.69, 9.17) is 9.15 Å². The van der Waals surface area contributed by atoms with Crippen molar-refractivity contribution in [2.75, 3.05) is 26.2 Å². The first-order valence-corrected chi connectivity index (χ1v) is 7.81. The summed E-state index contributed by atoms with van der Waals surface area (Å²) >= 11 is 0. The van der Waals surface area contributed by atoms with Gasteiger partial charge in [0.15, 0.2) is 17.5 Å². The zero-order valence-electron chi connectivity index (χ0n) is 13.9. The van der Waals surface area contributed by atoms with E-state index in [-0.39, 0.29) is 36.3 Å². The van der Waals surface area contributed by atoms with Crippen LogP contribution in [0.25, 0.3) is 0 Å². The summed E-state index contributed by atoms with van der Waals surface area (Å²) in [4.78, 5) is 4.42. The summed E-state index contributed by atoms with van der Waals surface area (Å²) in [5.74, 6) is 0.208. The normalized spacial score (nSPS) is 10.9. The SMILES string of the molecule is CCNC(=NCCc1ccco1)NCCOc1ccc(F)cc1F.I. The number of hydrogen-bond acceptors (Lipinski definition) is 3. The minimum absolute atomic E-state index is 0. The number of benzene rings is 1. The van der Waals surface area contributed by atoms with Crippen molar-refractivity contribution in [3.63, 3.8) is 0 Å². The molecule has 0 saturated heterocycles. The molecule has 0 bridgehead atoms. The Kier molecular flexibility index (Phi) is 9.90. The van der Waals surface area contributed by atoms with E-state index in [1.165, 1.54) is 6.07 Å². The van der Waals surface area contributed by atoms with Gasteiger partial charge in [0.05, 0.1) is 12.8 Å². The third-order valence-corrected chi connectivity index (χ3v) is 3.10. The highest BCUT2D eigenvalue weighted by Gasteiger charge is 2.05. The highest BCUT2D eigenvalue weighted by molar-refractivity contribution is 14.0. The van der Waals surface area contributed by atoms with E-state index < -0.39 is 11.6 Å². The van der Waals surface area contributed by atoms with Gasteiger partial charge in [-0.25, -0.2) is 8.78 Å². The van der Waals surface area contributed by atoms with Gasteiger partial charge in [-0.3, -0.25) is 4.99 Å². The van der Waals surface area contributed by atoms with Crippen molar-refractivity contribution in [1.29, 1.82) is 0 Å². The summed E-state index contributed by atoms with van der Waals surface area (Å²) in [5.41, 5.74) is 0. The molecule has 0 radical (unpaired) electrons. The Hall–Kier alpha value is -1.84. The summed E-state index contributed by atoms with van der Waals surface area (Å²) in [6.07, 6.45) is 2.34. The van der Waals surface area contributed by atoms with Gasteiger partial charge in [0.2, 0.25) is 0 Å². The molecule has 1 aromatic heterocycles. The average Bonchev–Trinajstić information content (AvgIpc) is 3.06. The van der Waals surface area contributed by atoms with Crippen molar-refractivity contribution in [3.8, 4) is 5.75 Å². The number of hydrogen-bond donors (Lipinski definition) is 2. The van der Waals surface area contributed by atoms with Crippen LogP contribution in [0.3, 0.4) is 0 Å². The number of nitrogens with one attached hydrogen (secondary N) is 2. The van der Waals surface area contributed by atoms with Crippen LogP contribution in [0.5, 0.6) is 5.75 Å². The molecule has 1 aromatic carbocycles. The summed E-state index contributed by atoms with van der Waals surface area (Å²) in [7, 11) is 0. The molecule has 2 rings (SSSR count). The van der Waals surface area contributed by atoms with E-state index >= 15 is 0 Å². The van der Waals surface area contributed by atoms with Gasteiger partial charge in [0.1, 0.15) is 18.2 Å². The molecule has 5 nitrogen and oxygen atoms in total. The Morgan fingerprint density at radius 3 is 2.76 bits per heavy atom. The molecule has 0 aliphatic rings. The van der Waals surface area contributed by atoms with Gasteiger partial charge in [-0.05, 0) is 31.2 Å². The predicted octanol–water partition coefficient (Wildman–Crippen LogP) is 3.35. The average molecular weight is 465 g/mol. The number of rotatable bonds is 8. The maximum atomic E-state index is 13.4. The number of furan rings is 1. The molecule has 0 amide bonds. The molecule has 0 saturated carbocycles. The fraction of sp³-hybridized carbons (Fsp3) is 0.353. The number of ether oxygens (including phenoxy) is 1. The lowest BCUT2D eigenvalue weighted by molar-refractivity contribution is 0.304. The van der Waals surface area contributed by atoms with Crippen LogP contribution >= 0.6 is 24.0 Å². The molecule has 8 heteroatoms. The standard InChI is InChI=1S/C17H21F2N3O2.HI/c1-2-20-17(21-8-7-14-4-3-10-23-14)22-9-11-24-16-6-5-13(18)12-15(16)19;/h3-6,10,12H,2,7-9,11H2,1H3,(H2,20,21,22);1H. The maximum absolute atomic E-state index is 13.4. The first kappa shape index (κ1) is 21.2. The molecule has 25 heavy (non-hydrogen) atoms. The molecule has 2 N–H and O–H groups in total. The van der Waals surface area contributed by atoms with Gasteiger partial charge in [0.25, 0.3) is 0 Å². The van der Waals surface area contributed by atoms with Gasteiger partial charge in [0, 0.05) is 25.6 Å². The van der Waals surface area contributed by atoms with Gasteiger partial charge in [-0.2, -0.15) is 0 Å². The number of aliphatic imine (C=N–C) groups is 1. The molecule has 2 aromatic rings. The highest BCUT2D eigenvalue weighted by atomic mass is 127. The van der Waals surface area contributed by atoms with Crippen LogP contribution in [0.4, 0.5) is 8.78 Å². The molecule has 0 aliphatic carbocycles. The zero-order chi connectivity index (χ0) is 17.2. The molecular formula is C17H22F2IN3O2. The van der Waals surface area contributed by atoms with E-state index in [0.717, 1.165) is 24.4 Å². The molecule has 0 aliphatic heterocycles. The van der Waals surface area contributed by atoms with Crippen LogP contribution in [-0.4, -0.2) is 32.2 Å². The second-order valence-electron chi connectivity index (χ2n) is 4.94. The zero-order valence-corrected chi connectivity index (χ0v) is 16.3. The molecular weight excluding hydrogens is 443 g/mol. The van der Waals surface area contributed by atoms with E-state index in [1.54, 1.807) is 6.26 Å². The number of halogens is 3. The Bertz CT molecular complexity index is 651. The molecule has 0 atom stereocenters. The van der Waals surface area contributed by atoms with Crippen LogP contribution in [0, 0.1) is 11.6 Å². The summed E-state index contributed by atoms with van der Waals surface area (Å²) in [6.45, 7) is 3.93. The van der Waals surface area contributed by atoms with Gasteiger partial charge in [-0.1, -0.05) is 0 Å². The lowest BCUT2D eigenvalue weighted by Gasteiger charge is -2.12. The molecule has 0 fully saturated rings. The van der Waals surface area contributed by atoms with Crippen LogP contribution in [0.2, 0.25) is 0 Å². The van der Waals surface area contributed by atoms with Gasteiger partial charge in [-0.15, -0.1) is 24.0 Å². The Morgan fingerprint density at radius 1 is 1.24 bits per heavy atom. The van der Waals surface area contributed by atoms with Gasteiger partial charge >= 0.3 is 0 Å². The first-order chi connectivity index (χ1) is 11.7. The third-order valence-electron chi connectivity index (χ3n) is 3.10. The summed E-state index contributed by atoms with van der Waals surface area (Å²) < 4.78 is 36.8. The van der Waals surface area contributed by atoms with Crippen LogP contribution < -0.4 is 15.4 Å². The van der Waals surface area contributed by atoms with Crippen molar-refractivity contribution >= 4 is 29.9 Å². The maximum Gasteiger partial charge on any atom is 0.191 e. The predicted molar refractivity (Wildman–Crippen MR) is 104 cm³/mol. The Labute approximate surface area is 162 Å². The molecule has 138 valence electrons. The lowest BCUT2D eigenvalue weighted by atomic mass is 10.3. The quantitative estimate of drug-likeness (QED) is 0.272. The van der Waals surface area contributed by atoms with E-state index in [2.05, 4.69) is 15.6 Å². The number of guanidine groups is 1. The molecule has 0 unspecified atom stereocenters. The molecule has 0 spiro atoms. The van der Waals surface area contributed by atoms with Crippen LogP contribution in [0.1, 0.15) is 12.7 Å². The van der Waals surface area contributed by atoms with Crippen LogP contribution in [0.15, 0.2) is 46.0 Å². The van der Waals surface area contributed by atoms with Crippen molar-refractivity contribution in [3.05, 3.63) is 54.0 Å². The van der Waals surface area contributed by atoms with Crippen molar-refractivity contribution < 1.29 is 17.9 Å². The van der Waals surface area contributed by atoms with Crippen LogP contribution in [-0.2, 0) is 6.42 Å². The van der Waals surface area contributed by atoms with Crippen molar-refractivity contribution in [2.24, 2.45) is 4.99 Å². The first-order valence-electron chi connectivity index (χ1n) is 7.81. The minimum atomic E-state index is -0.714. The molecule has 1 heterocycles. The topological polar surface area (TPSA) is 58.8 Å². The fourth-order valence-corrected chi connectivity index (χ4v) is 2.00. The van der Waals surface area contributed by atoms with E-state index in [1.807, 2.05) is 19.1 Å². The smallest absolute Gasteiger partial charge is 0.191 e. The van der Waals surface area contributed by atoms with Gasteiger partial charge < -0.3 is 19.8 Å². The minimum Gasteiger partial charge on any atom is -0.489 e. The van der Waals surface area contributed by atoms with Crippen molar-refractivity contribution in [2.45, 2.75) is 13.3 Å². The Morgan fingerprint density at radius 2 is 2.08 bits per heavy atom. The second kappa shape index (κ2) is 11.7. The summed E-state index contributed by atoms with van der Waals surface area (Å²) in [6, 6.07) is 6.97. The number of nitrogens with zero attached hydrogens (tertiary/aromatic N) is 1. The summed E-state index contributed by atoms with van der Waals surface area (Å²) in [5, 5.41) is 6.20. The third kappa shape index (κ3) is 7.72. The lowest BCUT2D eigenvalue weighted by Crippen LogP contribution is -2.39.